The average molecular weight is 354 g/mol. The Hall–Kier alpha value is -0.670. The Balaban J connectivity index is 2.15. The average Bonchev–Trinajstić information content (AvgIpc) is 2.51. The minimum Gasteiger partial charge on any atom is -0.313 e. The summed E-state index contributed by atoms with van der Waals surface area (Å²) in [5.74, 6) is 0.488. The molecule has 0 amide bonds. The second-order valence-corrected chi connectivity index (χ2v) is 6.76. The van der Waals surface area contributed by atoms with Gasteiger partial charge in [-0.25, -0.2) is 4.39 Å². The molecule has 0 bridgehead atoms. The number of hydrogen-bond donors (Lipinski definition) is 1. The zero-order valence-corrected chi connectivity index (χ0v) is 14.4. The molecule has 1 N–H and O–H groups in total. The number of rotatable bonds is 6. The zero-order valence-electron chi connectivity index (χ0n) is 12.8. The molecular formula is C18H25BrFN. The van der Waals surface area contributed by atoms with Crippen LogP contribution in [0.4, 0.5) is 4.39 Å². The third-order valence-corrected chi connectivity index (χ3v) is 4.79. The van der Waals surface area contributed by atoms with Gasteiger partial charge in [-0.2, -0.15) is 0 Å². The Morgan fingerprint density at radius 2 is 2.10 bits per heavy atom. The Kier molecular flexibility index (Phi) is 6.91. The molecule has 0 aliphatic heterocycles. The van der Waals surface area contributed by atoms with Crippen molar-refractivity contribution >= 4 is 22.0 Å². The van der Waals surface area contributed by atoms with Crippen LogP contribution in [0.2, 0.25) is 0 Å². The fourth-order valence-electron chi connectivity index (χ4n) is 3.01. The van der Waals surface area contributed by atoms with Crippen molar-refractivity contribution in [1.29, 1.82) is 0 Å². The molecule has 3 heteroatoms. The van der Waals surface area contributed by atoms with Gasteiger partial charge in [-0.15, -0.1) is 0 Å². The van der Waals surface area contributed by atoms with Gasteiger partial charge >= 0.3 is 0 Å². The van der Waals surface area contributed by atoms with Crippen LogP contribution < -0.4 is 5.32 Å². The minimum absolute atomic E-state index is 0.199. The predicted molar refractivity (Wildman–Crippen MR) is 91.8 cm³/mol. The molecule has 2 rings (SSSR count). The Labute approximate surface area is 136 Å². The highest BCUT2D eigenvalue weighted by molar-refractivity contribution is 9.10. The van der Waals surface area contributed by atoms with Crippen molar-refractivity contribution in [3.63, 3.8) is 0 Å². The number of benzene rings is 1. The topological polar surface area (TPSA) is 12.0 Å². The van der Waals surface area contributed by atoms with Gasteiger partial charge in [0.1, 0.15) is 5.82 Å². The third kappa shape index (κ3) is 5.23. The Morgan fingerprint density at radius 1 is 1.33 bits per heavy atom. The van der Waals surface area contributed by atoms with Crippen LogP contribution in [0.3, 0.4) is 0 Å². The monoisotopic (exact) mass is 353 g/mol. The molecule has 0 radical (unpaired) electrons. The first-order valence-electron chi connectivity index (χ1n) is 8.07. The van der Waals surface area contributed by atoms with E-state index in [9.17, 15) is 4.39 Å². The molecule has 0 heterocycles. The van der Waals surface area contributed by atoms with E-state index in [-0.39, 0.29) is 5.82 Å². The van der Waals surface area contributed by atoms with Crippen LogP contribution in [0, 0.1) is 11.7 Å². The van der Waals surface area contributed by atoms with E-state index in [4.69, 9.17) is 0 Å². The molecule has 21 heavy (non-hydrogen) atoms. The summed E-state index contributed by atoms with van der Waals surface area (Å²) in [5.41, 5.74) is 2.56. The van der Waals surface area contributed by atoms with E-state index in [1.54, 1.807) is 0 Å². The molecule has 0 aromatic heterocycles. The molecule has 1 fully saturated rings. The van der Waals surface area contributed by atoms with Crippen LogP contribution in [-0.4, -0.2) is 13.1 Å². The van der Waals surface area contributed by atoms with Crippen molar-refractivity contribution in [3.05, 3.63) is 39.6 Å². The second kappa shape index (κ2) is 8.70. The molecule has 0 spiro atoms. The van der Waals surface area contributed by atoms with E-state index in [1.165, 1.54) is 43.7 Å². The summed E-state index contributed by atoms with van der Waals surface area (Å²) < 4.78 is 13.9. The van der Waals surface area contributed by atoms with E-state index in [1.807, 2.05) is 12.1 Å². The first-order valence-corrected chi connectivity index (χ1v) is 8.86. The SMILES string of the molecule is CCCNC/C(=C/c1ccc(F)c(Br)c1)C1CCCCC1. The van der Waals surface area contributed by atoms with Crippen LogP contribution in [0.1, 0.15) is 51.0 Å². The van der Waals surface area contributed by atoms with E-state index >= 15 is 0 Å². The van der Waals surface area contributed by atoms with Gasteiger partial charge in [0.05, 0.1) is 4.47 Å². The summed E-state index contributed by atoms with van der Waals surface area (Å²) >= 11 is 3.28. The minimum atomic E-state index is -0.199. The molecule has 0 unspecified atom stereocenters. The largest absolute Gasteiger partial charge is 0.313 e. The maximum Gasteiger partial charge on any atom is 0.137 e. The van der Waals surface area contributed by atoms with Crippen molar-refractivity contribution < 1.29 is 4.39 Å². The number of halogens is 2. The van der Waals surface area contributed by atoms with Gasteiger partial charge in [0.15, 0.2) is 0 Å². The highest BCUT2D eigenvalue weighted by Gasteiger charge is 2.17. The summed E-state index contributed by atoms with van der Waals surface area (Å²) in [5, 5.41) is 3.52. The van der Waals surface area contributed by atoms with Gasteiger partial charge in [0, 0.05) is 6.54 Å². The van der Waals surface area contributed by atoms with E-state index in [0.717, 1.165) is 25.1 Å². The lowest BCUT2D eigenvalue weighted by Crippen LogP contribution is -2.23. The molecule has 1 aliphatic carbocycles. The van der Waals surface area contributed by atoms with Gasteiger partial charge in [-0.3, -0.25) is 0 Å². The summed E-state index contributed by atoms with van der Waals surface area (Å²) in [4.78, 5) is 0. The van der Waals surface area contributed by atoms with E-state index in [0.29, 0.717) is 10.4 Å². The first-order chi connectivity index (χ1) is 10.2. The standard InChI is InChI=1S/C18H25BrFN/c1-2-10-21-13-16(15-6-4-3-5-7-15)11-14-8-9-18(20)17(19)12-14/h8-9,11-12,15,21H,2-7,10,13H2,1H3/b16-11-. The lowest BCUT2D eigenvalue weighted by atomic mass is 9.83. The fraction of sp³-hybridized carbons (Fsp3) is 0.556. The molecule has 1 saturated carbocycles. The summed E-state index contributed by atoms with van der Waals surface area (Å²) in [6.07, 6.45) is 10.0. The summed E-state index contributed by atoms with van der Waals surface area (Å²) in [7, 11) is 0. The highest BCUT2D eigenvalue weighted by Crippen LogP contribution is 2.31. The molecule has 1 aliphatic rings. The quantitative estimate of drug-likeness (QED) is 0.661. The number of nitrogens with one attached hydrogen (secondary N) is 1. The van der Waals surface area contributed by atoms with Gasteiger partial charge in [0.2, 0.25) is 0 Å². The predicted octanol–water partition coefficient (Wildman–Crippen LogP) is 5.55. The maximum absolute atomic E-state index is 13.4. The summed E-state index contributed by atoms with van der Waals surface area (Å²) in [6.45, 7) is 4.19. The van der Waals surface area contributed by atoms with Crippen molar-refractivity contribution in [2.24, 2.45) is 5.92 Å². The van der Waals surface area contributed by atoms with Gasteiger partial charge in [-0.05, 0) is 65.4 Å². The molecule has 1 aromatic rings. The zero-order chi connectivity index (χ0) is 15.1. The molecule has 0 atom stereocenters. The molecule has 1 nitrogen and oxygen atoms in total. The van der Waals surface area contributed by atoms with E-state index < -0.39 is 0 Å². The third-order valence-electron chi connectivity index (χ3n) is 4.18. The highest BCUT2D eigenvalue weighted by atomic mass is 79.9. The fourth-order valence-corrected chi connectivity index (χ4v) is 3.41. The number of hydrogen-bond acceptors (Lipinski definition) is 1. The summed E-state index contributed by atoms with van der Waals surface area (Å²) in [6, 6.07) is 5.27. The van der Waals surface area contributed by atoms with Crippen molar-refractivity contribution in [2.45, 2.75) is 45.4 Å². The lowest BCUT2D eigenvalue weighted by Gasteiger charge is -2.25. The first kappa shape index (κ1) is 16.7. The van der Waals surface area contributed by atoms with Crippen molar-refractivity contribution in [2.75, 3.05) is 13.1 Å². The molecule has 116 valence electrons. The molecule has 1 aromatic carbocycles. The Morgan fingerprint density at radius 3 is 2.76 bits per heavy atom. The van der Waals surface area contributed by atoms with Crippen LogP contribution in [0.25, 0.3) is 6.08 Å². The van der Waals surface area contributed by atoms with Gasteiger partial charge in [-0.1, -0.05) is 43.9 Å². The van der Waals surface area contributed by atoms with Gasteiger partial charge in [0.25, 0.3) is 0 Å². The normalized spacial score (nSPS) is 17.2. The van der Waals surface area contributed by atoms with Crippen molar-refractivity contribution in [1.82, 2.24) is 5.32 Å². The van der Waals surface area contributed by atoms with Crippen molar-refractivity contribution in [3.8, 4) is 0 Å². The van der Waals surface area contributed by atoms with E-state index in [2.05, 4.69) is 34.2 Å². The van der Waals surface area contributed by atoms with Crippen LogP contribution in [-0.2, 0) is 0 Å². The van der Waals surface area contributed by atoms with Gasteiger partial charge < -0.3 is 5.32 Å². The molecular weight excluding hydrogens is 329 g/mol. The van der Waals surface area contributed by atoms with Crippen LogP contribution in [0.5, 0.6) is 0 Å². The maximum atomic E-state index is 13.4. The van der Waals surface area contributed by atoms with Crippen LogP contribution in [0.15, 0.2) is 28.2 Å². The lowest BCUT2D eigenvalue weighted by molar-refractivity contribution is 0.396. The Bertz CT molecular complexity index is 478. The smallest absolute Gasteiger partial charge is 0.137 e. The second-order valence-electron chi connectivity index (χ2n) is 5.90. The van der Waals surface area contributed by atoms with Crippen LogP contribution >= 0.6 is 15.9 Å². The molecule has 0 saturated heterocycles.